The number of rotatable bonds is 4. The van der Waals surface area contributed by atoms with E-state index in [-0.39, 0.29) is 11.3 Å². The summed E-state index contributed by atoms with van der Waals surface area (Å²) in [6.45, 7) is 1.59. The highest BCUT2D eigenvalue weighted by atomic mass is 32.1. The van der Waals surface area contributed by atoms with Gasteiger partial charge in [-0.1, -0.05) is 6.07 Å². The molecule has 5 nitrogen and oxygen atoms in total. The number of benzene rings is 2. The fraction of sp³-hybridized carbons (Fsp3) is 0.118. The molecular formula is C17H12F2N2O3S. The number of halogens is 2. The predicted molar refractivity (Wildman–Crippen MR) is 90.7 cm³/mol. The molecule has 0 aliphatic carbocycles. The molecule has 0 aliphatic heterocycles. The third kappa shape index (κ3) is 3.48. The van der Waals surface area contributed by atoms with Crippen molar-refractivity contribution in [3.05, 3.63) is 74.7 Å². The number of nitrogens with zero attached hydrogens (tertiary/aromatic N) is 1. The molecule has 0 aliphatic rings. The molecule has 0 spiro atoms. The van der Waals surface area contributed by atoms with Crippen molar-refractivity contribution in [1.82, 2.24) is 5.32 Å². The van der Waals surface area contributed by atoms with E-state index in [1.165, 1.54) is 29.5 Å². The van der Waals surface area contributed by atoms with Crippen LogP contribution >= 0.6 is 11.3 Å². The first-order chi connectivity index (χ1) is 11.8. The molecule has 1 amide bonds. The number of carbonyl (C=O) groups excluding carboxylic acids is 1. The molecule has 0 saturated carbocycles. The van der Waals surface area contributed by atoms with Gasteiger partial charge in [0.1, 0.15) is 11.6 Å². The third-order valence-corrected chi connectivity index (χ3v) is 4.83. The number of hydrogen-bond donors (Lipinski definition) is 1. The summed E-state index contributed by atoms with van der Waals surface area (Å²) in [4.78, 5) is 23.0. The fourth-order valence-electron chi connectivity index (χ4n) is 2.45. The second-order valence-corrected chi connectivity index (χ2v) is 6.53. The van der Waals surface area contributed by atoms with Crippen molar-refractivity contribution < 1.29 is 18.5 Å². The maximum atomic E-state index is 13.8. The Hall–Kier alpha value is -2.87. The molecule has 1 N–H and O–H groups in total. The molecule has 0 bridgehead atoms. The van der Waals surface area contributed by atoms with Crippen molar-refractivity contribution >= 4 is 33.0 Å². The van der Waals surface area contributed by atoms with Gasteiger partial charge in [-0.25, -0.2) is 8.78 Å². The van der Waals surface area contributed by atoms with Gasteiger partial charge in [-0.2, -0.15) is 0 Å². The summed E-state index contributed by atoms with van der Waals surface area (Å²) in [5.41, 5.74) is 0.116. The molecule has 0 saturated heterocycles. The Morgan fingerprint density at radius 3 is 2.64 bits per heavy atom. The van der Waals surface area contributed by atoms with Crippen LogP contribution < -0.4 is 5.32 Å². The van der Waals surface area contributed by atoms with Crippen molar-refractivity contribution in [2.24, 2.45) is 0 Å². The molecule has 128 valence electrons. The Labute approximate surface area is 145 Å². The van der Waals surface area contributed by atoms with Crippen molar-refractivity contribution in [1.29, 1.82) is 0 Å². The average Bonchev–Trinajstić information content (AvgIpc) is 2.97. The second kappa shape index (κ2) is 6.56. The van der Waals surface area contributed by atoms with Crippen molar-refractivity contribution in [3.63, 3.8) is 0 Å². The molecule has 1 aromatic heterocycles. The van der Waals surface area contributed by atoms with Gasteiger partial charge in [-0.3, -0.25) is 14.9 Å². The summed E-state index contributed by atoms with van der Waals surface area (Å²) >= 11 is 1.18. The van der Waals surface area contributed by atoms with Gasteiger partial charge in [-0.05, 0) is 25.1 Å². The van der Waals surface area contributed by atoms with Crippen LogP contribution in [0.2, 0.25) is 0 Å². The predicted octanol–water partition coefficient (Wildman–Crippen LogP) is 4.58. The van der Waals surface area contributed by atoms with E-state index < -0.39 is 28.5 Å². The van der Waals surface area contributed by atoms with Gasteiger partial charge in [0.25, 0.3) is 11.6 Å². The van der Waals surface area contributed by atoms with E-state index in [4.69, 9.17) is 0 Å². The van der Waals surface area contributed by atoms with Gasteiger partial charge in [0.05, 0.1) is 15.8 Å². The first kappa shape index (κ1) is 17.0. The Morgan fingerprint density at radius 1 is 1.20 bits per heavy atom. The van der Waals surface area contributed by atoms with Crippen LogP contribution in [0.5, 0.6) is 0 Å². The molecule has 1 heterocycles. The summed E-state index contributed by atoms with van der Waals surface area (Å²) in [5.74, 6) is -1.86. The highest BCUT2D eigenvalue weighted by molar-refractivity contribution is 7.20. The lowest BCUT2D eigenvalue weighted by Gasteiger charge is -2.14. The van der Waals surface area contributed by atoms with Crippen LogP contribution in [0.3, 0.4) is 0 Å². The molecule has 1 unspecified atom stereocenters. The number of nitrogens with one attached hydrogen (secondary N) is 1. The highest BCUT2D eigenvalue weighted by Gasteiger charge is 2.18. The highest BCUT2D eigenvalue weighted by Crippen LogP contribution is 2.29. The molecule has 1 atom stereocenters. The maximum Gasteiger partial charge on any atom is 0.270 e. The number of hydrogen-bond acceptors (Lipinski definition) is 4. The number of carbonyl (C=O) groups is 1. The van der Waals surface area contributed by atoms with Crippen LogP contribution in [0, 0.1) is 21.7 Å². The van der Waals surface area contributed by atoms with Crippen LogP contribution in [0.15, 0.2) is 42.5 Å². The summed E-state index contributed by atoms with van der Waals surface area (Å²) < 4.78 is 27.5. The summed E-state index contributed by atoms with van der Waals surface area (Å²) in [5, 5.41) is 14.0. The Bertz CT molecular complexity index is 987. The van der Waals surface area contributed by atoms with E-state index in [1.807, 2.05) is 0 Å². The molecule has 3 rings (SSSR count). The number of nitro groups is 1. The normalized spacial score (nSPS) is 12.1. The smallest absolute Gasteiger partial charge is 0.270 e. The SMILES string of the molecule is CC(NC(=O)c1cc2cc([N+](=O)[O-])ccc2s1)c1ccc(F)cc1F. The van der Waals surface area contributed by atoms with Gasteiger partial charge >= 0.3 is 0 Å². The van der Waals surface area contributed by atoms with Gasteiger partial charge < -0.3 is 5.32 Å². The van der Waals surface area contributed by atoms with Crippen LogP contribution in [-0.4, -0.2) is 10.8 Å². The number of fused-ring (bicyclic) bond motifs is 1. The monoisotopic (exact) mass is 362 g/mol. The summed E-state index contributed by atoms with van der Waals surface area (Å²) in [7, 11) is 0. The van der Waals surface area contributed by atoms with Gasteiger partial charge in [0.15, 0.2) is 0 Å². The Balaban J connectivity index is 1.83. The molecule has 2 aromatic carbocycles. The maximum absolute atomic E-state index is 13.8. The standard InChI is InChI=1S/C17H12F2N2O3S/c1-9(13-4-2-11(18)8-14(13)19)20-17(22)16-7-10-6-12(21(23)24)3-5-15(10)25-16/h2-9H,1H3,(H,20,22). The lowest BCUT2D eigenvalue weighted by atomic mass is 10.1. The number of non-ortho nitro benzene ring substituents is 1. The topological polar surface area (TPSA) is 72.2 Å². The first-order valence-electron chi connectivity index (χ1n) is 7.29. The van der Waals surface area contributed by atoms with Gasteiger partial charge in [0, 0.05) is 33.8 Å². The van der Waals surface area contributed by atoms with E-state index in [9.17, 15) is 23.7 Å². The fourth-order valence-corrected chi connectivity index (χ4v) is 3.40. The molecule has 0 fully saturated rings. The van der Waals surface area contributed by atoms with Gasteiger partial charge in [-0.15, -0.1) is 11.3 Å². The largest absolute Gasteiger partial charge is 0.345 e. The number of amides is 1. The number of nitro benzene ring substituents is 1. The van der Waals surface area contributed by atoms with Crippen molar-refractivity contribution in [3.8, 4) is 0 Å². The zero-order chi connectivity index (χ0) is 18.1. The van der Waals surface area contributed by atoms with E-state index in [0.717, 1.165) is 16.8 Å². The Morgan fingerprint density at radius 2 is 1.96 bits per heavy atom. The molecule has 3 aromatic rings. The number of thiophene rings is 1. The zero-order valence-corrected chi connectivity index (χ0v) is 13.8. The van der Waals surface area contributed by atoms with Crippen LogP contribution in [0.1, 0.15) is 28.2 Å². The first-order valence-corrected chi connectivity index (χ1v) is 8.10. The van der Waals surface area contributed by atoms with E-state index >= 15 is 0 Å². The molecule has 25 heavy (non-hydrogen) atoms. The summed E-state index contributed by atoms with van der Waals surface area (Å²) in [6, 6.07) is 8.41. The van der Waals surface area contributed by atoms with Crippen molar-refractivity contribution in [2.75, 3.05) is 0 Å². The Kier molecular flexibility index (Phi) is 4.45. The van der Waals surface area contributed by atoms with Gasteiger partial charge in [0.2, 0.25) is 0 Å². The lowest BCUT2D eigenvalue weighted by Crippen LogP contribution is -2.26. The quantitative estimate of drug-likeness (QED) is 0.545. The minimum Gasteiger partial charge on any atom is -0.345 e. The minimum absolute atomic E-state index is 0.0565. The van der Waals surface area contributed by atoms with Crippen molar-refractivity contribution in [2.45, 2.75) is 13.0 Å². The average molecular weight is 362 g/mol. The summed E-state index contributed by atoms with van der Waals surface area (Å²) in [6.07, 6.45) is 0. The van der Waals surface area contributed by atoms with Crippen LogP contribution in [0.4, 0.5) is 14.5 Å². The molecule has 0 radical (unpaired) electrons. The zero-order valence-electron chi connectivity index (χ0n) is 13.0. The van der Waals surface area contributed by atoms with E-state index in [1.54, 1.807) is 19.1 Å². The van der Waals surface area contributed by atoms with E-state index in [2.05, 4.69) is 5.32 Å². The molecule has 8 heteroatoms. The molecular weight excluding hydrogens is 350 g/mol. The third-order valence-electron chi connectivity index (χ3n) is 3.71. The minimum atomic E-state index is -0.736. The van der Waals surface area contributed by atoms with E-state index in [0.29, 0.717) is 10.3 Å². The van der Waals surface area contributed by atoms with Crippen LogP contribution in [0.25, 0.3) is 10.1 Å². The lowest BCUT2D eigenvalue weighted by molar-refractivity contribution is -0.384. The second-order valence-electron chi connectivity index (χ2n) is 5.45. The van der Waals surface area contributed by atoms with Crippen LogP contribution in [-0.2, 0) is 0 Å².